The third kappa shape index (κ3) is 2.69. The van der Waals surface area contributed by atoms with Crippen molar-refractivity contribution < 1.29 is 13.2 Å². The van der Waals surface area contributed by atoms with Crippen LogP contribution in [0.2, 0.25) is 0 Å². The van der Waals surface area contributed by atoms with E-state index in [-0.39, 0.29) is 26.2 Å². The average molecular weight is 363 g/mol. The van der Waals surface area contributed by atoms with Crippen molar-refractivity contribution in [2.45, 2.75) is 12.1 Å². The molecule has 8 nitrogen and oxygen atoms in total. The van der Waals surface area contributed by atoms with Crippen LogP contribution in [-0.4, -0.2) is 35.5 Å². The molecule has 0 aliphatic heterocycles. The van der Waals surface area contributed by atoms with Gasteiger partial charge >= 0.3 is 0 Å². The minimum atomic E-state index is -3.66. The van der Waals surface area contributed by atoms with E-state index in [1.807, 2.05) is 0 Å². The number of nitrogens with two attached hydrogens (primary N) is 2. The number of hydrogen-bond donors (Lipinski definition) is 2. The zero-order valence-corrected chi connectivity index (χ0v) is 14.4. The molecule has 124 valence electrons. The lowest BCUT2D eigenvalue weighted by Gasteiger charge is -2.06. The smallest absolute Gasteiger partial charge is 0.260 e. The first-order valence-electron chi connectivity index (χ1n) is 6.72. The molecule has 0 fully saturated rings. The number of amides is 1. The van der Waals surface area contributed by atoms with E-state index in [9.17, 15) is 13.2 Å². The molecular weight excluding hydrogens is 350 g/mol. The van der Waals surface area contributed by atoms with Gasteiger partial charge in [0, 0.05) is 11.9 Å². The highest BCUT2D eigenvalue weighted by Crippen LogP contribution is 2.38. The third-order valence-electron chi connectivity index (χ3n) is 3.25. The molecule has 0 spiro atoms. The first-order chi connectivity index (χ1) is 11.2. The number of primary amides is 1. The number of fused-ring (bicyclic) bond motifs is 1. The summed E-state index contributed by atoms with van der Waals surface area (Å²) in [4.78, 5) is 24.4. The fourth-order valence-corrected chi connectivity index (χ4v) is 3.73. The molecule has 0 aliphatic carbocycles. The number of carbonyl (C=O) groups excluding carboxylic acids is 1. The number of thiophene rings is 1. The second-order valence-corrected chi connectivity index (χ2v) is 8.09. The Balaban J connectivity index is 2.47. The summed E-state index contributed by atoms with van der Waals surface area (Å²) in [5, 5.41) is 0.0184. The Morgan fingerprint density at radius 2 is 1.92 bits per heavy atom. The molecule has 0 saturated heterocycles. The summed E-state index contributed by atoms with van der Waals surface area (Å²) in [6.45, 7) is 1.80. The standard InChI is InChI=1S/C14H13N5O3S2/c1-6-4-3-5-7(17-6)10-8-9(15)11(12(16)20)23-13(8)19-14(18-10)24(2,21)22/h3-5H,15H2,1-2H3,(H2,16,20). The molecule has 0 atom stereocenters. The van der Waals surface area contributed by atoms with E-state index in [2.05, 4.69) is 15.0 Å². The van der Waals surface area contributed by atoms with E-state index in [1.54, 1.807) is 25.1 Å². The second-order valence-electron chi connectivity index (χ2n) is 5.18. The maximum Gasteiger partial charge on any atom is 0.260 e. The molecule has 24 heavy (non-hydrogen) atoms. The highest BCUT2D eigenvalue weighted by molar-refractivity contribution is 7.90. The Morgan fingerprint density at radius 1 is 1.21 bits per heavy atom. The van der Waals surface area contributed by atoms with Crippen molar-refractivity contribution in [1.29, 1.82) is 0 Å². The number of carbonyl (C=O) groups is 1. The zero-order valence-electron chi connectivity index (χ0n) is 12.8. The average Bonchev–Trinajstić information content (AvgIpc) is 2.83. The number of sulfone groups is 1. The number of anilines is 1. The SMILES string of the molecule is Cc1cccc(-c2nc(S(C)(=O)=O)nc3sc(C(N)=O)c(N)c23)n1. The van der Waals surface area contributed by atoms with E-state index in [1.165, 1.54) is 0 Å². The maximum absolute atomic E-state index is 11.9. The normalized spacial score (nSPS) is 11.8. The van der Waals surface area contributed by atoms with Gasteiger partial charge in [0.25, 0.3) is 5.91 Å². The number of rotatable bonds is 3. The van der Waals surface area contributed by atoms with Crippen LogP contribution in [0.5, 0.6) is 0 Å². The minimum absolute atomic E-state index is 0.110. The summed E-state index contributed by atoms with van der Waals surface area (Å²) < 4.78 is 23.8. The van der Waals surface area contributed by atoms with E-state index in [4.69, 9.17) is 11.5 Å². The van der Waals surface area contributed by atoms with Gasteiger partial charge in [0.1, 0.15) is 15.4 Å². The molecule has 3 aromatic rings. The van der Waals surface area contributed by atoms with E-state index < -0.39 is 15.7 Å². The molecule has 0 unspecified atom stereocenters. The predicted octanol–water partition coefficient (Wildman–Crippen LogP) is 1.15. The number of aryl methyl sites for hydroxylation is 1. The second kappa shape index (κ2) is 5.49. The van der Waals surface area contributed by atoms with Gasteiger partial charge < -0.3 is 11.5 Å². The van der Waals surface area contributed by atoms with Crippen molar-refractivity contribution in [3.05, 3.63) is 28.8 Å². The molecule has 3 heterocycles. The summed E-state index contributed by atoms with van der Waals surface area (Å²) in [5.41, 5.74) is 12.9. The van der Waals surface area contributed by atoms with Crippen LogP contribution in [0.4, 0.5) is 5.69 Å². The van der Waals surface area contributed by atoms with Gasteiger partial charge in [-0.05, 0) is 19.1 Å². The van der Waals surface area contributed by atoms with E-state index in [0.717, 1.165) is 23.3 Å². The zero-order chi connectivity index (χ0) is 17.6. The largest absolute Gasteiger partial charge is 0.397 e. The van der Waals surface area contributed by atoms with Gasteiger partial charge in [-0.2, -0.15) is 0 Å². The topological polar surface area (TPSA) is 142 Å². The number of aromatic nitrogens is 3. The highest BCUT2D eigenvalue weighted by atomic mass is 32.2. The van der Waals surface area contributed by atoms with Gasteiger partial charge in [0.15, 0.2) is 0 Å². The molecule has 0 saturated carbocycles. The Morgan fingerprint density at radius 3 is 2.50 bits per heavy atom. The van der Waals surface area contributed by atoms with Gasteiger partial charge in [0.05, 0.1) is 16.8 Å². The number of hydrogen-bond acceptors (Lipinski definition) is 8. The number of nitrogen functional groups attached to an aromatic ring is 1. The van der Waals surface area contributed by atoms with Crippen LogP contribution < -0.4 is 11.5 Å². The summed E-state index contributed by atoms with van der Waals surface area (Å²) in [5.74, 6) is -0.709. The van der Waals surface area contributed by atoms with Crippen molar-refractivity contribution in [2.75, 3.05) is 12.0 Å². The molecule has 0 bridgehead atoms. The molecule has 0 radical (unpaired) electrons. The van der Waals surface area contributed by atoms with Gasteiger partial charge in [-0.3, -0.25) is 9.78 Å². The van der Waals surface area contributed by atoms with Crippen LogP contribution in [0.25, 0.3) is 21.6 Å². The molecule has 3 aromatic heterocycles. The van der Waals surface area contributed by atoms with Crippen molar-refractivity contribution in [3.8, 4) is 11.4 Å². The monoisotopic (exact) mass is 363 g/mol. The Hall–Kier alpha value is -2.59. The molecular formula is C14H13N5O3S2. The van der Waals surface area contributed by atoms with Gasteiger partial charge in [-0.25, -0.2) is 18.4 Å². The lowest BCUT2D eigenvalue weighted by Crippen LogP contribution is -2.10. The maximum atomic E-state index is 11.9. The molecule has 0 aromatic carbocycles. The summed E-state index contributed by atoms with van der Waals surface area (Å²) in [7, 11) is -3.66. The number of nitrogens with zero attached hydrogens (tertiary/aromatic N) is 3. The molecule has 1 amide bonds. The van der Waals surface area contributed by atoms with Crippen LogP contribution in [0.3, 0.4) is 0 Å². The fourth-order valence-electron chi connectivity index (χ4n) is 2.21. The van der Waals surface area contributed by atoms with E-state index in [0.29, 0.717) is 11.1 Å². The summed E-state index contributed by atoms with van der Waals surface area (Å²) >= 11 is 0.932. The fraction of sp³-hybridized carbons (Fsp3) is 0.143. The third-order valence-corrected chi connectivity index (χ3v) is 5.21. The van der Waals surface area contributed by atoms with Crippen LogP contribution in [0.15, 0.2) is 23.4 Å². The highest BCUT2D eigenvalue weighted by Gasteiger charge is 2.24. The first-order valence-corrected chi connectivity index (χ1v) is 9.43. The van der Waals surface area contributed by atoms with Gasteiger partial charge in [0.2, 0.25) is 15.0 Å². The Bertz CT molecular complexity index is 1090. The molecule has 4 N–H and O–H groups in total. The van der Waals surface area contributed by atoms with Crippen molar-refractivity contribution >= 4 is 43.0 Å². The Labute approximate surface area is 141 Å². The lowest BCUT2D eigenvalue weighted by molar-refractivity contribution is 0.100. The van der Waals surface area contributed by atoms with Gasteiger partial charge in [-0.15, -0.1) is 11.3 Å². The molecule has 0 aliphatic rings. The molecule has 10 heteroatoms. The van der Waals surface area contributed by atoms with Crippen molar-refractivity contribution in [2.24, 2.45) is 5.73 Å². The van der Waals surface area contributed by atoms with Crippen LogP contribution in [0, 0.1) is 6.92 Å². The molecule has 3 rings (SSSR count). The van der Waals surface area contributed by atoms with E-state index >= 15 is 0 Å². The minimum Gasteiger partial charge on any atom is -0.397 e. The van der Waals surface area contributed by atoms with Crippen LogP contribution in [-0.2, 0) is 9.84 Å². The van der Waals surface area contributed by atoms with Crippen LogP contribution >= 0.6 is 11.3 Å². The number of pyridine rings is 1. The summed E-state index contributed by atoms with van der Waals surface area (Å²) in [6.07, 6.45) is 1.01. The summed E-state index contributed by atoms with van der Waals surface area (Å²) in [6, 6.07) is 5.25. The lowest BCUT2D eigenvalue weighted by atomic mass is 10.1. The first kappa shape index (κ1) is 16.3. The predicted molar refractivity (Wildman–Crippen MR) is 91.4 cm³/mol. The Kier molecular flexibility index (Phi) is 3.73. The van der Waals surface area contributed by atoms with Crippen molar-refractivity contribution in [3.63, 3.8) is 0 Å². The van der Waals surface area contributed by atoms with Gasteiger partial charge in [-0.1, -0.05) is 6.07 Å². The van der Waals surface area contributed by atoms with Crippen molar-refractivity contribution in [1.82, 2.24) is 15.0 Å². The van der Waals surface area contributed by atoms with Crippen LogP contribution in [0.1, 0.15) is 15.4 Å². The quantitative estimate of drug-likeness (QED) is 0.664.